The maximum atomic E-state index is 13.3. The lowest BCUT2D eigenvalue weighted by Gasteiger charge is -2.03. The van der Waals surface area contributed by atoms with Crippen LogP contribution in [0.25, 0.3) is 11.4 Å². The summed E-state index contributed by atoms with van der Waals surface area (Å²) in [6, 6.07) is 11.1. The number of hydrogen-bond donors (Lipinski definition) is 2. The van der Waals surface area contributed by atoms with Gasteiger partial charge in [-0.05, 0) is 52.9 Å². The smallest absolute Gasteiger partial charge is 0.259 e. The molecule has 0 unspecified atom stereocenters. The maximum Gasteiger partial charge on any atom is 0.259 e. The Labute approximate surface area is 149 Å². The van der Waals surface area contributed by atoms with Gasteiger partial charge in [-0.2, -0.15) is 4.98 Å². The zero-order valence-corrected chi connectivity index (χ0v) is 14.4. The number of amides is 1. The van der Waals surface area contributed by atoms with Gasteiger partial charge in [-0.25, -0.2) is 4.39 Å². The minimum absolute atomic E-state index is 0.0879. The highest BCUT2D eigenvalue weighted by Gasteiger charge is 2.15. The van der Waals surface area contributed by atoms with Crippen molar-refractivity contribution in [1.29, 1.82) is 0 Å². The number of benzene rings is 2. The molecule has 23 heavy (non-hydrogen) atoms. The van der Waals surface area contributed by atoms with Crippen LogP contribution in [0.1, 0.15) is 10.4 Å². The zero-order chi connectivity index (χ0) is 16.4. The topological polar surface area (TPSA) is 70.7 Å². The van der Waals surface area contributed by atoms with Gasteiger partial charge < -0.3 is 0 Å². The van der Waals surface area contributed by atoms with Crippen molar-refractivity contribution < 1.29 is 9.18 Å². The van der Waals surface area contributed by atoms with Crippen molar-refractivity contribution in [3.05, 3.63) is 62.4 Å². The van der Waals surface area contributed by atoms with Gasteiger partial charge in [0.05, 0.1) is 10.6 Å². The van der Waals surface area contributed by atoms with Crippen LogP contribution < -0.4 is 5.32 Å². The van der Waals surface area contributed by atoms with Crippen molar-refractivity contribution in [2.45, 2.75) is 0 Å². The van der Waals surface area contributed by atoms with E-state index in [4.69, 9.17) is 11.6 Å². The van der Waals surface area contributed by atoms with Gasteiger partial charge in [-0.1, -0.05) is 23.7 Å². The Morgan fingerprint density at radius 1 is 1.26 bits per heavy atom. The van der Waals surface area contributed by atoms with E-state index in [1.807, 2.05) is 28.7 Å². The van der Waals surface area contributed by atoms with Crippen molar-refractivity contribution in [1.82, 2.24) is 15.2 Å². The first-order valence-corrected chi connectivity index (χ1v) is 7.94. The number of halogens is 3. The molecule has 2 aromatic carbocycles. The number of nitrogens with one attached hydrogen (secondary N) is 2. The molecule has 3 rings (SSSR count). The summed E-state index contributed by atoms with van der Waals surface area (Å²) in [5.41, 5.74) is 0.886. The Morgan fingerprint density at radius 2 is 2.04 bits per heavy atom. The highest BCUT2D eigenvalue weighted by atomic mass is 127. The molecule has 0 atom stereocenters. The summed E-state index contributed by atoms with van der Waals surface area (Å²) in [5, 5.41) is 9.68. The number of hydrogen-bond acceptors (Lipinski definition) is 3. The lowest BCUT2D eigenvalue weighted by Crippen LogP contribution is -2.14. The third-order valence-corrected chi connectivity index (χ3v) is 4.28. The summed E-state index contributed by atoms with van der Waals surface area (Å²) in [6.45, 7) is 0. The first-order chi connectivity index (χ1) is 11.0. The van der Waals surface area contributed by atoms with Crippen molar-refractivity contribution in [2.75, 3.05) is 5.32 Å². The molecule has 0 bridgehead atoms. The summed E-state index contributed by atoms with van der Waals surface area (Å²) in [5.74, 6) is -0.453. The van der Waals surface area contributed by atoms with Crippen molar-refractivity contribution in [3.8, 4) is 11.4 Å². The zero-order valence-electron chi connectivity index (χ0n) is 11.5. The summed E-state index contributed by atoms with van der Waals surface area (Å²) >= 11 is 8.05. The molecular formula is C15H9ClFIN4O. The number of H-pyrrole nitrogens is 1. The van der Waals surface area contributed by atoms with Crippen LogP contribution in [0.4, 0.5) is 10.3 Å². The molecule has 3 aromatic rings. The molecule has 8 heteroatoms. The third kappa shape index (κ3) is 3.50. The van der Waals surface area contributed by atoms with E-state index in [9.17, 15) is 9.18 Å². The molecule has 5 nitrogen and oxygen atoms in total. The van der Waals surface area contributed by atoms with E-state index in [-0.39, 0.29) is 11.5 Å². The fourth-order valence-electron chi connectivity index (χ4n) is 1.93. The molecule has 0 aliphatic rings. The predicted octanol–water partition coefficient (Wildman–Crippen LogP) is 4.12. The molecule has 1 heterocycles. The second kappa shape index (κ2) is 6.63. The van der Waals surface area contributed by atoms with Gasteiger partial charge in [0.1, 0.15) is 5.82 Å². The number of nitrogens with zero attached hydrogens (tertiary/aromatic N) is 2. The molecule has 0 spiro atoms. The fraction of sp³-hybridized carbons (Fsp3) is 0. The fourth-order valence-corrected chi connectivity index (χ4v) is 2.74. The van der Waals surface area contributed by atoms with Gasteiger partial charge in [0, 0.05) is 9.13 Å². The summed E-state index contributed by atoms with van der Waals surface area (Å²) in [6.07, 6.45) is 0. The standard InChI is InChI=1S/C15H9ClFIN4O/c16-11-4-2-1-3-9(11)13-19-15(22-21-13)20-14(23)10-7-8(17)5-6-12(10)18/h1-7H,(H2,19,20,21,22,23). The van der Waals surface area contributed by atoms with Crippen LogP contribution in [-0.2, 0) is 0 Å². The monoisotopic (exact) mass is 442 g/mol. The molecule has 0 aliphatic heterocycles. The Balaban J connectivity index is 1.83. The van der Waals surface area contributed by atoms with Crippen molar-refractivity contribution in [3.63, 3.8) is 0 Å². The van der Waals surface area contributed by atoms with Gasteiger partial charge in [-0.3, -0.25) is 15.2 Å². The van der Waals surface area contributed by atoms with Crippen molar-refractivity contribution in [2.24, 2.45) is 0 Å². The van der Waals surface area contributed by atoms with Gasteiger partial charge in [0.25, 0.3) is 5.91 Å². The van der Waals surface area contributed by atoms with Crippen LogP contribution in [0, 0.1) is 9.39 Å². The van der Waals surface area contributed by atoms with Crippen LogP contribution in [0.3, 0.4) is 0 Å². The van der Waals surface area contributed by atoms with E-state index in [1.54, 1.807) is 18.2 Å². The summed E-state index contributed by atoms with van der Waals surface area (Å²) < 4.78 is 13.9. The molecule has 0 saturated carbocycles. The number of carbonyl (C=O) groups excluding carboxylic acids is 1. The maximum absolute atomic E-state index is 13.3. The lowest BCUT2D eigenvalue weighted by atomic mass is 10.2. The Kier molecular flexibility index (Phi) is 4.58. The van der Waals surface area contributed by atoms with Gasteiger partial charge in [0.2, 0.25) is 5.95 Å². The van der Waals surface area contributed by atoms with Crippen LogP contribution in [0.5, 0.6) is 0 Å². The quantitative estimate of drug-likeness (QED) is 0.600. The van der Waals surface area contributed by atoms with E-state index in [0.717, 1.165) is 0 Å². The summed E-state index contributed by atoms with van der Waals surface area (Å²) in [7, 11) is 0. The van der Waals surface area contributed by atoms with Gasteiger partial charge in [-0.15, -0.1) is 5.10 Å². The van der Waals surface area contributed by atoms with E-state index in [2.05, 4.69) is 20.5 Å². The molecular weight excluding hydrogens is 434 g/mol. The second-order valence-corrected chi connectivity index (χ2v) is 6.14. The molecule has 1 aromatic heterocycles. The molecule has 116 valence electrons. The number of carbonyl (C=O) groups is 1. The Bertz CT molecular complexity index is 883. The van der Waals surface area contributed by atoms with E-state index in [0.29, 0.717) is 20.0 Å². The van der Waals surface area contributed by atoms with Crippen LogP contribution >= 0.6 is 34.2 Å². The third-order valence-electron chi connectivity index (χ3n) is 3.01. The minimum Gasteiger partial charge on any atom is -0.289 e. The van der Waals surface area contributed by atoms with E-state index >= 15 is 0 Å². The van der Waals surface area contributed by atoms with Gasteiger partial charge in [0.15, 0.2) is 5.82 Å². The van der Waals surface area contributed by atoms with Crippen LogP contribution in [-0.4, -0.2) is 21.1 Å². The first kappa shape index (κ1) is 15.9. The highest BCUT2D eigenvalue weighted by molar-refractivity contribution is 14.1. The molecule has 0 radical (unpaired) electrons. The normalized spacial score (nSPS) is 10.6. The second-order valence-electron chi connectivity index (χ2n) is 4.57. The lowest BCUT2D eigenvalue weighted by molar-refractivity contribution is 0.102. The average Bonchev–Trinajstić information content (AvgIpc) is 2.98. The molecule has 0 fully saturated rings. The predicted molar refractivity (Wildman–Crippen MR) is 93.9 cm³/mol. The highest BCUT2D eigenvalue weighted by Crippen LogP contribution is 2.25. The van der Waals surface area contributed by atoms with E-state index in [1.165, 1.54) is 18.2 Å². The molecule has 0 aliphatic carbocycles. The molecule has 0 saturated heterocycles. The molecule has 1 amide bonds. The first-order valence-electron chi connectivity index (χ1n) is 6.48. The van der Waals surface area contributed by atoms with Crippen LogP contribution in [0.15, 0.2) is 42.5 Å². The Morgan fingerprint density at radius 3 is 2.83 bits per heavy atom. The number of aromatic amines is 1. The number of rotatable bonds is 3. The Hall–Kier alpha value is -2.00. The number of aromatic nitrogens is 3. The average molecular weight is 443 g/mol. The SMILES string of the molecule is O=C(Nc1n[nH]c(-c2ccccc2Cl)n1)c1cc(F)ccc1I. The minimum atomic E-state index is -0.487. The number of anilines is 1. The summed E-state index contributed by atoms with van der Waals surface area (Å²) in [4.78, 5) is 16.4. The van der Waals surface area contributed by atoms with Crippen LogP contribution in [0.2, 0.25) is 5.02 Å². The largest absolute Gasteiger partial charge is 0.289 e. The molecule has 2 N–H and O–H groups in total. The van der Waals surface area contributed by atoms with E-state index < -0.39 is 11.7 Å². The van der Waals surface area contributed by atoms with Gasteiger partial charge >= 0.3 is 0 Å². The van der Waals surface area contributed by atoms with Crippen molar-refractivity contribution >= 4 is 46.0 Å².